The average molecular weight is 497 g/mol. The number of rotatable bonds is 8. The first-order valence-electron chi connectivity index (χ1n) is 9.46. The minimum absolute atomic E-state index is 0.0388. The number of hydrogen-bond donors (Lipinski definition) is 1. The van der Waals surface area contributed by atoms with Crippen LogP contribution < -0.4 is 4.90 Å². The Balaban J connectivity index is 1.94. The van der Waals surface area contributed by atoms with E-state index < -0.39 is 5.97 Å². The molecule has 0 spiro atoms. The highest BCUT2D eigenvalue weighted by Crippen LogP contribution is 2.45. The van der Waals surface area contributed by atoms with Crippen LogP contribution in [-0.2, 0) is 14.4 Å². The zero-order valence-electron chi connectivity index (χ0n) is 15.9. The van der Waals surface area contributed by atoms with Gasteiger partial charge in [-0.2, -0.15) is 0 Å². The lowest BCUT2D eigenvalue weighted by Crippen LogP contribution is -2.30. The third-order valence-corrected chi connectivity index (χ3v) is 6.75. The number of aliphatic carboxylic acids is 1. The molecule has 0 bridgehead atoms. The molecule has 2 aliphatic heterocycles. The van der Waals surface area contributed by atoms with Gasteiger partial charge >= 0.3 is 5.97 Å². The molecule has 2 amide bonds. The Morgan fingerprint density at radius 3 is 2.55 bits per heavy atom. The van der Waals surface area contributed by atoms with Gasteiger partial charge in [0.2, 0.25) is 0 Å². The van der Waals surface area contributed by atoms with Crippen molar-refractivity contribution in [1.82, 2.24) is 4.90 Å². The lowest BCUT2D eigenvalue weighted by atomic mass is 10.1. The van der Waals surface area contributed by atoms with Gasteiger partial charge in [-0.05, 0) is 31.0 Å². The molecule has 0 unspecified atom stereocenters. The first-order chi connectivity index (χ1) is 13.8. The summed E-state index contributed by atoms with van der Waals surface area (Å²) < 4.78 is 1.19. The van der Waals surface area contributed by atoms with Gasteiger partial charge in [-0.15, -0.1) is 0 Å². The van der Waals surface area contributed by atoms with E-state index >= 15 is 0 Å². The quantitative estimate of drug-likeness (QED) is 0.326. The van der Waals surface area contributed by atoms with Crippen LogP contribution in [0.1, 0.15) is 44.6 Å². The van der Waals surface area contributed by atoms with E-state index in [0.29, 0.717) is 27.8 Å². The van der Waals surface area contributed by atoms with Crippen LogP contribution >= 0.6 is 39.9 Å². The number of hydrogen-bond acceptors (Lipinski definition) is 5. The molecular formula is C20H21BrN2O4S2. The molecule has 2 aliphatic rings. The minimum atomic E-state index is -0.915. The lowest BCUT2D eigenvalue weighted by Gasteiger charge is -2.16. The molecule has 29 heavy (non-hydrogen) atoms. The number of benzene rings is 1. The molecule has 1 saturated heterocycles. The van der Waals surface area contributed by atoms with E-state index in [2.05, 4.69) is 22.9 Å². The number of unbranched alkanes of at least 4 members (excludes halogenated alkanes) is 2. The van der Waals surface area contributed by atoms with Crippen molar-refractivity contribution in [2.45, 2.75) is 39.0 Å². The van der Waals surface area contributed by atoms with Crippen molar-refractivity contribution in [3.05, 3.63) is 33.1 Å². The van der Waals surface area contributed by atoms with Gasteiger partial charge in [0.15, 0.2) is 0 Å². The van der Waals surface area contributed by atoms with E-state index in [-0.39, 0.29) is 24.8 Å². The Hall–Kier alpha value is -1.71. The van der Waals surface area contributed by atoms with E-state index in [4.69, 9.17) is 17.3 Å². The zero-order valence-corrected chi connectivity index (χ0v) is 19.2. The topological polar surface area (TPSA) is 77.9 Å². The predicted molar refractivity (Wildman–Crippen MR) is 122 cm³/mol. The van der Waals surface area contributed by atoms with Crippen LogP contribution in [0.4, 0.5) is 5.69 Å². The van der Waals surface area contributed by atoms with Crippen LogP contribution in [0.5, 0.6) is 0 Å². The Bertz CT molecular complexity index is 916. The van der Waals surface area contributed by atoms with Gasteiger partial charge < -0.3 is 10.0 Å². The maximum absolute atomic E-state index is 13.3. The number of anilines is 1. The molecule has 6 nitrogen and oxygen atoms in total. The molecule has 0 radical (unpaired) electrons. The molecule has 1 aromatic carbocycles. The Labute approximate surface area is 187 Å². The fraction of sp³-hybridized carbons (Fsp3) is 0.400. The SMILES string of the molecule is CCCCCN1C(=O)C(=C2SC(=S)N(CCCC(=O)O)C2=O)c2cc(Br)ccc21. The molecule has 2 heterocycles. The van der Waals surface area contributed by atoms with Crippen LogP contribution in [0.2, 0.25) is 0 Å². The Morgan fingerprint density at radius 2 is 1.86 bits per heavy atom. The molecular weight excluding hydrogens is 476 g/mol. The number of carbonyl (C=O) groups excluding carboxylic acids is 2. The van der Waals surface area contributed by atoms with Crippen molar-refractivity contribution >= 4 is 73.3 Å². The van der Waals surface area contributed by atoms with E-state index in [0.717, 1.165) is 46.7 Å². The number of carboxylic acids is 1. The Kier molecular flexibility index (Phi) is 7.13. The third-order valence-electron chi connectivity index (χ3n) is 4.81. The van der Waals surface area contributed by atoms with Crippen molar-refractivity contribution in [3.63, 3.8) is 0 Å². The molecule has 0 saturated carbocycles. The molecule has 1 N–H and O–H groups in total. The number of halogens is 1. The molecule has 154 valence electrons. The molecule has 0 atom stereocenters. The summed E-state index contributed by atoms with van der Waals surface area (Å²) in [6.45, 7) is 2.94. The summed E-state index contributed by atoms with van der Waals surface area (Å²) in [7, 11) is 0. The highest BCUT2D eigenvalue weighted by molar-refractivity contribution is 9.10. The summed E-state index contributed by atoms with van der Waals surface area (Å²) in [4.78, 5) is 40.5. The molecule has 9 heteroatoms. The summed E-state index contributed by atoms with van der Waals surface area (Å²) in [6.07, 6.45) is 3.24. The van der Waals surface area contributed by atoms with Crippen molar-refractivity contribution in [1.29, 1.82) is 0 Å². The monoisotopic (exact) mass is 496 g/mol. The number of amides is 2. The standard InChI is InChI=1S/C20H21BrN2O4S2/c1-2-3-4-9-22-14-8-7-12(21)11-13(14)16(18(22)26)17-19(27)23(20(28)29-17)10-5-6-15(24)25/h7-8,11H,2-6,9-10H2,1H3,(H,24,25). The normalized spacial score (nSPS) is 18.8. The summed E-state index contributed by atoms with van der Waals surface area (Å²) in [5, 5.41) is 8.83. The number of carbonyl (C=O) groups is 3. The lowest BCUT2D eigenvalue weighted by molar-refractivity contribution is -0.137. The van der Waals surface area contributed by atoms with E-state index in [9.17, 15) is 14.4 Å². The van der Waals surface area contributed by atoms with Gasteiger partial charge in [0.05, 0.1) is 16.2 Å². The zero-order chi connectivity index (χ0) is 21.1. The van der Waals surface area contributed by atoms with Gasteiger partial charge in [-0.25, -0.2) is 0 Å². The highest BCUT2D eigenvalue weighted by atomic mass is 79.9. The summed E-state index contributed by atoms with van der Waals surface area (Å²) in [5.74, 6) is -1.42. The van der Waals surface area contributed by atoms with Crippen LogP contribution in [0.25, 0.3) is 5.57 Å². The van der Waals surface area contributed by atoms with E-state index in [1.807, 2.05) is 18.2 Å². The van der Waals surface area contributed by atoms with E-state index in [1.54, 1.807) is 4.90 Å². The van der Waals surface area contributed by atoms with Crippen LogP contribution in [0, 0.1) is 0 Å². The highest BCUT2D eigenvalue weighted by Gasteiger charge is 2.41. The van der Waals surface area contributed by atoms with Crippen molar-refractivity contribution in [2.24, 2.45) is 0 Å². The van der Waals surface area contributed by atoms with Crippen LogP contribution in [-0.4, -0.2) is 45.2 Å². The van der Waals surface area contributed by atoms with Crippen molar-refractivity contribution in [2.75, 3.05) is 18.0 Å². The third kappa shape index (κ3) is 4.57. The molecule has 3 rings (SSSR count). The second kappa shape index (κ2) is 9.40. The molecule has 0 aliphatic carbocycles. The van der Waals surface area contributed by atoms with Gasteiger partial charge in [-0.3, -0.25) is 19.3 Å². The second-order valence-electron chi connectivity index (χ2n) is 6.85. The van der Waals surface area contributed by atoms with Gasteiger partial charge in [0, 0.05) is 29.5 Å². The maximum Gasteiger partial charge on any atom is 0.303 e. The minimum Gasteiger partial charge on any atom is -0.481 e. The average Bonchev–Trinajstić information content (AvgIpc) is 3.09. The number of thiocarbonyl (C=S) groups is 1. The van der Waals surface area contributed by atoms with E-state index in [1.165, 1.54) is 4.90 Å². The largest absolute Gasteiger partial charge is 0.481 e. The predicted octanol–water partition coefficient (Wildman–Crippen LogP) is 4.42. The first kappa shape index (κ1) is 22.0. The molecule has 1 fully saturated rings. The van der Waals surface area contributed by atoms with Gasteiger partial charge in [0.1, 0.15) is 4.32 Å². The summed E-state index contributed by atoms with van der Waals surface area (Å²) in [5.41, 5.74) is 1.92. The Morgan fingerprint density at radius 1 is 1.14 bits per heavy atom. The van der Waals surface area contributed by atoms with Gasteiger partial charge in [-0.1, -0.05) is 59.7 Å². The van der Waals surface area contributed by atoms with Crippen LogP contribution in [0.3, 0.4) is 0 Å². The second-order valence-corrected chi connectivity index (χ2v) is 9.41. The number of fused-ring (bicyclic) bond motifs is 1. The van der Waals surface area contributed by atoms with Gasteiger partial charge in [0.25, 0.3) is 11.8 Å². The van der Waals surface area contributed by atoms with Crippen molar-refractivity contribution in [3.8, 4) is 0 Å². The summed E-state index contributed by atoms with van der Waals surface area (Å²) >= 11 is 9.91. The fourth-order valence-corrected chi connectivity index (χ4v) is 5.14. The maximum atomic E-state index is 13.3. The number of thioether (sulfide) groups is 1. The van der Waals surface area contributed by atoms with Crippen molar-refractivity contribution < 1.29 is 19.5 Å². The smallest absolute Gasteiger partial charge is 0.303 e. The number of carboxylic acid groups (broad SMARTS) is 1. The summed E-state index contributed by atoms with van der Waals surface area (Å²) in [6, 6.07) is 5.64. The molecule has 0 aromatic heterocycles. The fourth-order valence-electron chi connectivity index (χ4n) is 3.40. The molecule has 1 aromatic rings. The number of nitrogens with zero attached hydrogens (tertiary/aromatic N) is 2. The first-order valence-corrected chi connectivity index (χ1v) is 11.5. The van der Waals surface area contributed by atoms with Crippen LogP contribution in [0.15, 0.2) is 27.6 Å².